The number of aromatic nitrogens is 1. The van der Waals surface area contributed by atoms with Crippen LogP contribution in [-0.2, 0) is 4.79 Å². The van der Waals surface area contributed by atoms with Crippen LogP contribution in [0.2, 0.25) is 0 Å². The quantitative estimate of drug-likeness (QED) is 0.870. The fourth-order valence-electron chi connectivity index (χ4n) is 3.11. The van der Waals surface area contributed by atoms with Gasteiger partial charge < -0.3 is 15.0 Å². The number of likely N-dealkylation sites (tertiary alicyclic amines) is 1. The fourth-order valence-corrected chi connectivity index (χ4v) is 3.11. The van der Waals surface area contributed by atoms with Gasteiger partial charge >= 0.3 is 0 Å². The van der Waals surface area contributed by atoms with E-state index in [4.69, 9.17) is 4.74 Å². The van der Waals surface area contributed by atoms with E-state index in [1.807, 2.05) is 26.8 Å². The van der Waals surface area contributed by atoms with Gasteiger partial charge in [-0.1, -0.05) is 6.07 Å². The summed E-state index contributed by atoms with van der Waals surface area (Å²) in [5.74, 6) is 1.35. The van der Waals surface area contributed by atoms with Crippen LogP contribution >= 0.6 is 0 Å². The zero-order valence-electron chi connectivity index (χ0n) is 15.3. The van der Waals surface area contributed by atoms with Crippen LogP contribution in [0, 0.1) is 12.3 Å². The number of nitrogens with zero attached hydrogens (tertiary/aromatic N) is 2. The molecule has 1 aromatic heterocycles. The number of carbonyl (C=O) groups excluding carboxylic acids is 1. The maximum atomic E-state index is 12.6. The van der Waals surface area contributed by atoms with Crippen LogP contribution < -0.4 is 10.1 Å². The first-order valence-electron chi connectivity index (χ1n) is 8.95. The monoisotopic (exact) mass is 331 g/mol. The Bertz CT molecular complexity index is 611. The lowest BCUT2D eigenvalue weighted by atomic mass is 9.93. The van der Waals surface area contributed by atoms with Crippen LogP contribution in [0.5, 0.6) is 5.88 Å². The molecule has 1 aliphatic heterocycles. The van der Waals surface area contributed by atoms with Crippen molar-refractivity contribution in [3.63, 3.8) is 0 Å². The lowest BCUT2D eigenvalue weighted by molar-refractivity contribution is -0.131. The first-order valence-corrected chi connectivity index (χ1v) is 8.95. The minimum absolute atomic E-state index is 0.0587. The minimum Gasteiger partial charge on any atom is -0.476 e. The molecule has 24 heavy (non-hydrogen) atoms. The van der Waals surface area contributed by atoms with Gasteiger partial charge in [0.1, 0.15) is 6.61 Å². The normalized spacial score (nSPS) is 21.8. The number of pyridine rings is 1. The maximum absolute atomic E-state index is 12.6. The van der Waals surface area contributed by atoms with E-state index in [2.05, 4.69) is 28.3 Å². The number of aryl methyl sites for hydroxylation is 1. The van der Waals surface area contributed by atoms with E-state index >= 15 is 0 Å². The van der Waals surface area contributed by atoms with Crippen LogP contribution in [-0.4, -0.2) is 48.6 Å². The van der Waals surface area contributed by atoms with E-state index < -0.39 is 5.41 Å². The molecule has 1 aliphatic carbocycles. The Labute approximate surface area is 144 Å². The van der Waals surface area contributed by atoms with Crippen molar-refractivity contribution in [2.75, 3.05) is 26.7 Å². The molecule has 0 bridgehead atoms. The summed E-state index contributed by atoms with van der Waals surface area (Å²) < 4.78 is 6.01. The summed E-state index contributed by atoms with van der Waals surface area (Å²) in [5.41, 5.74) is 1.56. The van der Waals surface area contributed by atoms with Gasteiger partial charge in [-0.25, -0.2) is 4.98 Å². The van der Waals surface area contributed by atoms with Crippen LogP contribution in [0.15, 0.2) is 12.1 Å². The van der Waals surface area contributed by atoms with Gasteiger partial charge in [-0.2, -0.15) is 0 Å². The summed E-state index contributed by atoms with van der Waals surface area (Å²) in [5, 5.41) is 3.17. The van der Waals surface area contributed by atoms with Gasteiger partial charge in [0.25, 0.3) is 0 Å². The molecule has 2 aliphatic rings. The maximum Gasteiger partial charge on any atom is 0.229 e. The Hall–Kier alpha value is -1.62. The summed E-state index contributed by atoms with van der Waals surface area (Å²) in [6.45, 7) is 8.16. The molecule has 0 aromatic carbocycles. The topological polar surface area (TPSA) is 54.5 Å². The molecule has 0 spiro atoms. The lowest BCUT2D eigenvalue weighted by Crippen LogP contribution is -2.46. The van der Waals surface area contributed by atoms with Gasteiger partial charge in [0.15, 0.2) is 0 Å². The van der Waals surface area contributed by atoms with Crippen molar-refractivity contribution in [2.45, 2.75) is 52.0 Å². The zero-order valence-corrected chi connectivity index (χ0v) is 15.3. The standard InChI is InChI=1S/C19H29N3O2/c1-13-5-8-16(14-6-7-14)17(20-13)24-12-19(2,3)18(23)21-15-9-10-22(4)11-15/h5,8,14-15H,6-7,9-12H2,1-4H3,(H,21,23)/t15-/m1/s1. The highest BCUT2D eigenvalue weighted by Gasteiger charge is 2.33. The van der Waals surface area contributed by atoms with Crippen molar-refractivity contribution in [1.82, 2.24) is 15.2 Å². The van der Waals surface area contributed by atoms with Crippen molar-refractivity contribution in [3.8, 4) is 5.88 Å². The van der Waals surface area contributed by atoms with Crippen molar-refractivity contribution in [1.29, 1.82) is 0 Å². The zero-order chi connectivity index (χ0) is 17.3. The number of nitrogens with one attached hydrogen (secondary N) is 1. The van der Waals surface area contributed by atoms with Crippen molar-refractivity contribution in [2.24, 2.45) is 5.41 Å². The van der Waals surface area contributed by atoms with Gasteiger partial charge in [0.05, 0.1) is 5.41 Å². The van der Waals surface area contributed by atoms with E-state index in [0.29, 0.717) is 18.4 Å². The summed E-state index contributed by atoms with van der Waals surface area (Å²) in [6, 6.07) is 4.41. The molecule has 132 valence electrons. The average molecular weight is 331 g/mol. The van der Waals surface area contributed by atoms with Gasteiger partial charge in [0.2, 0.25) is 11.8 Å². The number of amides is 1. The molecule has 1 atom stereocenters. The van der Waals surface area contributed by atoms with Gasteiger partial charge in [-0.15, -0.1) is 0 Å². The van der Waals surface area contributed by atoms with Crippen LogP contribution in [0.1, 0.15) is 50.3 Å². The van der Waals surface area contributed by atoms with Crippen LogP contribution in [0.3, 0.4) is 0 Å². The number of rotatable bonds is 6. The SMILES string of the molecule is Cc1ccc(C2CC2)c(OCC(C)(C)C(=O)N[C@@H]2CCN(C)C2)n1. The van der Waals surface area contributed by atoms with E-state index in [9.17, 15) is 4.79 Å². The molecule has 1 amide bonds. The first-order chi connectivity index (χ1) is 11.3. The predicted octanol–water partition coefficient (Wildman–Crippen LogP) is 2.49. The Morgan fingerprint density at radius 2 is 2.12 bits per heavy atom. The molecule has 0 unspecified atom stereocenters. The summed E-state index contributed by atoms with van der Waals surface area (Å²) >= 11 is 0. The van der Waals surface area contributed by atoms with E-state index in [1.165, 1.54) is 18.4 Å². The number of hydrogen-bond acceptors (Lipinski definition) is 4. The van der Waals surface area contributed by atoms with E-state index in [1.54, 1.807) is 0 Å². The summed E-state index contributed by atoms with van der Waals surface area (Å²) in [7, 11) is 2.09. The summed E-state index contributed by atoms with van der Waals surface area (Å²) in [4.78, 5) is 19.4. The van der Waals surface area contributed by atoms with Gasteiger partial charge in [-0.3, -0.25) is 4.79 Å². The second-order valence-corrected chi connectivity index (χ2v) is 8.02. The fraction of sp³-hybridized carbons (Fsp3) is 0.684. The molecular weight excluding hydrogens is 302 g/mol. The first kappa shape index (κ1) is 17.2. The molecule has 0 radical (unpaired) electrons. The molecule has 5 heteroatoms. The minimum atomic E-state index is -0.576. The van der Waals surface area contributed by atoms with Crippen molar-refractivity contribution >= 4 is 5.91 Å². The Balaban J connectivity index is 1.60. The smallest absolute Gasteiger partial charge is 0.229 e. The molecule has 3 rings (SSSR count). The van der Waals surface area contributed by atoms with Crippen molar-refractivity contribution < 1.29 is 9.53 Å². The average Bonchev–Trinajstić information content (AvgIpc) is 3.28. The second kappa shape index (κ2) is 6.71. The molecule has 1 saturated carbocycles. The molecule has 1 N–H and O–H groups in total. The number of ether oxygens (including phenoxy) is 1. The van der Waals surface area contributed by atoms with Crippen molar-refractivity contribution in [3.05, 3.63) is 23.4 Å². The Morgan fingerprint density at radius 1 is 1.38 bits per heavy atom. The van der Waals surface area contributed by atoms with Crippen LogP contribution in [0.25, 0.3) is 0 Å². The third-order valence-electron chi connectivity index (χ3n) is 4.96. The third-order valence-corrected chi connectivity index (χ3v) is 4.96. The lowest BCUT2D eigenvalue weighted by Gasteiger charge is -2.26. The number of hydrogen-bond donors (Lipinski definition) is 1. The third kappa shape index (κ3) is 4.07. The second-order valence-electron chi connectivity index (χ2n) is 8.02. The molecule has 2 fully saturated rings. The highest BCUT2D eigenvalue weighted by Crippen LogP contribution is 2.43. The molecule has 5 nitrogen and oxygen atoms in total. The van der Waals surface area contributed by atoms with Gasteiger partial charge in [-0.05, 0) is 65.6 Å². The largest absolute Gasteiger partial charge is 0.476 e. The molecule has 1 saturated heterocycles. The molecule has 1 aromatic rings. The van der Waals surface area contributed by atoms with Gasteiger partial charge in [0, 0.05) is 23.8 Å². The highest BCUT2D eigenvalue weighted by atomic mass is 16.5. The van der Waals surface area contributed by atoms with E-state index in [-0.39, 0.29) is 11.9 Å². The Kier molecular flexibility index (Phi) is 4.81. The summed E-state index contributed by atoms with van der Waals surface area (Å²) in [6.07, 6.45) is 3.44. The number of likely N-dealkylation sites (N-methyl/N-ethyl adjacent to an activating group) is 1. The molecule has 2 heterocycles. The Morgan fingerprint density at radius 3 is 2.75 bits per heavy atom. The predicted molar refractivity (Wildman–Crippen MR) is 94.3 cm³/mol. The molecular formula is C19H29N3O2. The van der Waals surface area contributed by atoms with E-state index in [0.717, 1.165) is 25.2 Å². The highest BCUT2D eigenvalue weighted by molar-refractivity contribution is 5.82. The number of carbonyl (C=O) groups is 1. The van der Waals surface area contributed by atoms with Crippen LogP contribution in [0.4, 0.5) is 0 Å².